The number of rotatable bonds is 4. The van der Waals surface area contributed by atoms with E-state index in [1.807, 2.05) is 65.6 Å². The normalized spacial score (nSPS) is 15.3. The van der Waals surface area contributed by atoms with E-state index in [2.05, 4.69) is 20.9 Å². The number of piperidine rings is 1. The van der Waals surface area contributed by atoms with Gasteiger partial charge in [0.25, 0.3) is 5.91 Å². The lowest BCUT2D eigenvalue weighted by molar-refractivity contribution is -0.0122. The molecule has 0 aliphatic carbocycles. The van der Waals surface area contributed by atoms with Crippen molar-refractivity contribution in [1.82, 2.24) is 9.88 Å². The second-order valence-electron chi connectivity index (χ2n) is 7.46. The lowest BCUT2D eigenvalue weighted by atomic mass is 9.72. The minimum atomic E-state index is -1.07. The largest absolute Gasteiger partial charge is 0.380 e. The minimum Gasteiger partial charge on any atom is -0.380 e. The summed E-state index contributed by atoms with van der Waals surface area (Å²) >= 11 is 3.38. The van der Waals surface area contributed by atoms with Crippen molar-refractivity contribution in [3.8, 4) is 0 Å². The number of aliphatic hydroxyl groups is 1. The summed E-state index contributed by atoms with van der Waals surface area (Å²) in [6, 6.07) is 21.5. The Morgan fingerprint density at radius 3 is 2.03 bits per heavy atom. The third kappa shape index (κ3) is 3.98. The number of benzene rings is 2. The zero-order valence-corrected chi connectivity index (χ0v) is 17.6. The van der Waals surface area contributed by atoms with E-state index in [4.69, 9.17) is 0 Å². The van der Waals surface area contributed by atoms with E-state index >= 15 is 0 Å². The van der Waals surface area contributed by atoms with Crippen LogP contribution in [0.15, 0.2) is 83.6 Å². The van der Waals surface area contributed by atoms with Crippen molar-refractivity contribution in [3.63, 3.8) is 0 Å². The number of hydrogen-bond donors (Lipinski definition) is 1. The predicted molar refractivity (Wildman–Crippen MR) is 116 cm³/mol. The van der Waals surface area contributed by atoms with Gasteiger partial charge < -0.3 is 10.0 Å². The van der Waals surface area contributed by atoms with Gasteiger partial charge in [0, 0.05) is 30.0 Å². The van der Waals surface area contributed by atoms with Gasteiger partial charge in [0.05, 0.1) is 5.56 Å². The van der Waals surface area contributed by atoms with Crippen LogP contribution in [-0.4, -0.2) is 34.0 Å². The second kappa shape index (κ2) is 8.47. The number of hydrogen-bond acceptors (Lipinski definition) is 3. The number of aromatic nitrogens is 1. The topological polar surface area (TPSA) is 53.4 Å². The highest BCUT2D eigenvalue weighted by Crippen LogP contribution is 2.42. The zero-order valence-electron chi connectivity index (χ0n) is 16.0. The molecule has 3 aromatic rings. The Balaban J connectivity index is 1.57. The zero-order chi connectivity index (χ0) is 20.3. The van der Waals surface area contributed by atoms with Crippen LogP contribution < -0.4 is 0 Å². The van der Waals surface area contributed by atoms with Gasteiger partial charge in [0.1, 0.15) is 5.60 Å². The molecule has 0 unspecified atom stereocenters. The second-order valence-corrected chi connectivity index (χ2v) is 8.37. The lowest BCUT2D eigenvalue weighted by Crippen LogP contribution is -2.46. The van der Waals surface area contributed by atoms with Crippen LogP contribution >= 0.6 is 15.9 Å². The number of carbonyl (C=O) groups excluding carboxylic acids is 1. The summed E-state index contributed by atoms with van der Waals surface area (Å²) in [4.78, 5) is 18.8. The number of halogens is 1. The SMILES string of the molecule is O=C(c1cncc(Br)c1)N1CCC(C(O)(c2ccccc2)c2ccccc2)CC1. The van der Waals surface area contributed by atoms with Crippen LogP contribution in [0.25, 0.3) is 0 Å². The summed E-state index contributed by atoms with van der Waals surface area (Å²) < 4.78 is 0.792. The maximum atomic E-state index is 12.9. The molecule has 4 nitrogen and oxygen atoms in total. The molecule has 2 aromatic carbocycles. The van der Waals surface area contributed by atoms with Gasteiger partial charge in [-0.25, -0.2) is 0 Å². The van der Waals surface area contributed by atoms with E-state index in [0.717, 1.165) is 28.4 Å². The Labute approximate surface area is 179 Å². The van der Waals surface area contributed by atoms with Crippen LogP contribution in [0.5, 0.6) is 0 Å². The average Bonchev–Trinajstić information content (AvgIpc) is 2.79. The molecule has 1 amide bonds. The van der Waals surface area contributed by atoms with Gasteiger partial charge in [-0.1, -0.05) is 60.7 Å². The van der Waals surface area contributed by atoms with Crippen molar-refractivity contribution >= 4 is 21.8 Å². The number of nitrogens with zero attached hydrogens (tertiary/aromatic N) is 2. The summed E-state index contributed by atoms with van der Waals surface area (Å²) in [6.07, 6.45) is 4.73. The van der Waals surface area contributed by atoms with Gasteiger partial charge >= 0.3 is 0 Å². The van der Waals surface area contributed by atoms with Crippen LogP contribution in [0.1, 0.15) is 34.3 Å². The van der Waals surface area contributed by atoms with Gasteiger partial charge in [0.15, 0.2) is 0 Å². The third-order valence-corrected chi connectivity index (χ3v) is 6.19. The molecule has 0 radical (unpaired) electrons. The van der Waals surface area contributed by atoms with Gasteiger partial charge in [-0.2, -0.15) is 0 Å². The van der Waals surface area contributed by atoms with E-state index < -0.39 is 5.60 Å². The molecule has 1 aromatic heterocycles. The highest BCUT2D eigenvalue weighted by atomic mass is 79.9. The first-order valence-electron chi connectivity index (χ1n) is 9.82. The number of likely N-dealkylation sites (tertiary alicyclic amines) is 1. The molecule has 0 bridgehead atoms. The van der Waals surface area contributed by atoms with E-state index in [0.29, 0.717) is 18.7 Å². The molecule has 1 N–H and O–H groups in total. The summed E-state index contributed by atoms with van der Waals surface area (Å²) in [5, 5.41) is 11.9. The molecule has 1 saturated heterocycles. The molecule has 2 heterocycles. The van der Waals surface area contributed by atoms with E-state index in [1.54, 1.807) is 18.5 Å². The summed E-state index contributed by atoms with van der Waals surface area (Å²) in [5.41, 5.74) is 1.30. The molecule has 5 heteroatoms. The molecule has 4 rings (SSSR count). The van der Waals surface area contributed by atoms with Gasteiger partial charge in [0.2, 0.25) is 0 Å². The molecule has 1 fully saturated rings. The highest BCUT2D eigenvalue weighted by molar-refractivity contribution is 9.10. The third-order valence-electron chi connectivity index (χ3n) is 5.75. The van der Waals surface area contributed by atoms with Gasteiger partial charge in [-0.05, 0) is 51.9 Å². The van der Waals surface area contributed by atoms with Crippen LogP contribution in [0, 0.1) is 5.92 Å². The maximum Gasteiger partial charge on any atom is 0.255 e. The predicted octanol–water partition coefficient (Wildman–Crippen LogP) is 4.63. The molecule has 0 saturated carbocycles. The Bertz CT molecular complexity index is 931. The van der Waals surface area contributed by atoms with Crippen molar-refractivity contribution in [1.29, 1.82) is 0 Å². The molecule has 1 aliphatic heterocycles. The van der Waals surface area contributed by atoms with E-state index in [9.17, 15) is 9.90 Å². The molecule has 1 aliphatic rings. The summed E-state index contributed by atoms with van der Waals surface area (Å²) in [7, 11) is 0. The van der Waals surface area contributed by atoms with Crippen molar-refractivity contribution in [2.75, 3.05) is 13.1 Å². The fourth-order valence-electron chi connectivity index (χ4n) is 4.23. The van der Waals surface area contributed by atoms with E-state index in [1.165, 1.54) is 0 Å². The fourth-order valence-corrected chi connectivity index (χ4v) is 4.60. The molecule has 0 spiro atoms. The molecule has 148 valence electrons. The quantitative estimate of drug-likeness (QED) is 0.629. The van der Waals surface area contributed by atoms with Gasteiger partial charge in [-0.15, -0.1) is 0 Å². The van der Waals surface area contributed by atoms with Crippen LogP contribution in [0.2, 0.25) is 0 Å². The Kier molecular flexibility index (Phi) is 5.79. The van der Waals surface area contributed by atoms with Crippen molar-refractivity contribution < 1.29 is 9.90 Å². The number of pyridine rings is 1. The first-order chi connectivity index (χ1) is 14.1. The molecule has 29 heavy (non-hydrogen) atoms. The Morgan fingerprint density at radius 2 is 1.52 bits per heavy atom. The maximum absolute atomic E-state index is 12.9. The van der Waals surface area contributed by atoms with Crippen LogP contribution in [-0.2, 0) is 5.60 Å². The number of carbonyl (C=O) groups is 1. The monoisotopic (exact) mass is 450 g/mol. The van der Waals surface area contributed by atoms with Crippen LogP contribution in [0.3, 0.4) is 0 Å². The Morgan fingerprint density at radius 1 is 0.966 bits per heavy atom. The van der Waals surface area contributed by atoms with Crippen LogP contribution in [0.4, 0.5) is 0 Å². The highest BCUT2D eigenvalue weighted by Gasteiger charge is 2.42. The molecule has 0 atom stereocenters. The smallest absolute Gasteiger partial charge is 0.255 e. The van der Waals surface area contributed by atoms with E-state index in [-0.39, 0.29) is 11.8 Å². The standard InChI is InChI=1S/C24H23BrN2O2/c25-22-15-18(16-26-17-22)23(28)27-13-11-21(12-14-27)24(29,19-7-3-1-4-8-19)20-9-5-2-6-10-20/h1-10,15-17,21,29H,11-14H2. The summed E-state index contributed by atoms with van der Waals surface area (Å²) in [5.74, 6) is 0.0113. The lowest BCUT2D eigenvalue weighted by Gasteiger charge is -2.42. The Hall–Kier alpha value is -2.50. The fraction of sp³-hybridized carbons (Fsp3) is 0.250. The van der Waals surface area contributed by atoms with Crippen molar-refractivity contribution in [3.05, 3.63) is 100 Å². The first-order valence-corrected chi connectivity index (χ1v) is 10.6. The van der Waals surface area contributed by atoms with Gasteiger partial charge in [-0.3, -0.25) is 9.78 Å². The average molecular weight is 451 g/mol. The first kappa shape index (κ1) is 19.8. The van der Waals surface area contributed by atoms with Crippen molar-refractivity contribution in [2.24, 2.45) is 5.92 Å². The molecular formula is C24H23BrN2O2. The summed E-state index contributed by atoms with van der Waals surface area (Å²) in [6.45, 7) is 1.22. The van der Waals surface area contributed by atoms with Crippen molar-refractivity contribution in [2.45, 2.75) is 18.4 Å². The minimum absolute atomic E-state index is 0.0137. The molecular weight excluding hydrogens is 428 g/mol. The number of amides is 1.